The zero-order valence-electron chi connectivity index (χ0n) is 11.2. The van der Waals surface area contributed by atoms with Crippen molar-refractivity contribution in [3.63, 3.8) is 0 Å². The van der Waals surface area contributed by atoms with Crippen molar-refractivity contribution in [2.24, 2.45) is 0 Å². The fourth-order valence-electron chi connectivity index (χ4n) is 1.37. The van der Waals surface area contributed by atoms with Crippen LogP contribution >= 0.6 is 0 Å². The minimum Gasteiger partial charge on any atom is -0.457 e. The first kappa shape index (κ1) is 15.6. The predicted molar refractivity (Wildman–Crippen MR) is 68.4 cm³/mol. The molecule has 1 aromatic carbocycles. The summed E-state index contributed by atoms with van der Waals surface area (Å²) in [4.78, 5) is 44.7. The van der Waals surface area contributed by atoms with E-state index in [-0.39, 0.29) is 24.3 Å². The molecule has 0 heterocycles. The Bertz CT molecular complexity index is 501. The fourth-order valence-corrected chi connectivity index (χ4v) is 1.37. The molecule has 0 bridgehead atoms. The van der Waals surface area contributed by atoms with Crippen LogP contribution in [0.1, 0.15) is 34.6 Å². The molecular formula is C14H14O6. The average Bonchev–Trinajstić information content (AvgIpc) is 2.42. The number of rotatable bonds is 6. The van der Waals surface area contributed by atoms with Gasteiger partial charge in [-0.05, 0) is 6.07 Å². The second-order valence-electron chi connectivity index (χ2n) is 3.99. The Kier molecular flexibility index (Phi) is 5.58. The lowest BCUT2D eigenvalue weighted by Gasteiger charge is -2.05. The van der Waals surface area contributed by atoms with E-state index in [9.17, 15) is 19.2 Å². The molecule has 0 spiro atoms. The molecule has 0 fully saturated rings. The lowest BCUT2D eigenvalue weighted by atomic mass is 10.1. The summed E-state index contributed by atoms with van der Waals surface area (Å²) in [5.41, 5.74) is 0.500. The first-order valence-electron chi connectivity index (χ1n) is 5.83. The number of Topliss-reactive ketones (excluding diaryl/α,β-unsaturated/α-hetero) is 2. The molecule has 106 valence electrons. The number of ketones is 2. The first-order chi connectivity index (χ1) is 9.40. The third-order valence-electron chi connectivity index (χ3n) is 2.32. The molecule has 20 heavy (non-hydrogen) atoms. The van der Waals surface area contributed by atoms with E-state index in [1.807, 2.05) is 0 Å². The number of carbonyl (C=O) groups is 4. The average molecular weight is 278 g/mol. The van der Waals surface area contributed by atoms with E-state index in [4.69, 9.17) is 0 Å². The SMILES string of the molecule is CC(=O)OCC(=O)c1cccc(C(=O)COC(C)=O)c1. The van der Waals surface area contributed by atoms with Crippen LogP contribution in [0.2, 0.25) is 0 Å². The van der Waals surface area contributed by atoms with Crippen LogP contribution < -0.4 is 0 Å². The van der Waals surface area contributed by atoms with Gasteiger partial charge in [-0.3, -0.25) is 19.2 Å². The molecule has 0 aliphatic heterocycles. The van der Waals surface area contributed by atoms with Crippen molar-refractivity contribution in [1.82, 2.24) is 0 Å². The van der Waals surface area contributed by atoms with Gasteiger partial charge >= 0.3 is 11.9 Å². The minimum absolute atomic E-state index is 0.250. The number of ether oxygens (including phenoxy) is 2. The molecule has 0 saturated heterocycles. The fraction of sp³-hybridized carbons (Fsp3) is 0.286. The van der Waals surface area contributed by atoms with E-state index in [1.54, 1.807) is 0 Å². The van der Waals surface area contributed by atoms with Gasteiger partial charge in [0.1, 0.15) is 0 Å². The minimum atomic E-state index is -0.555. The van der Waals surface area contributed by atoms with Crippen LogP contribution in [0.3, 0.4) is 0 Å². The van der Waals surface area contributed by atoms with Crippen molar-refractivity contribution in [3.05, 3.63) is 35.4 Å². The number of hydrogen-bond acceptors (Lipinski definition) is 6. The monoisotopic (exact) mass is 278 g/mol. The van der Waals surface area contributed by atoms with Gasteiger partial charge in [0.2, 0.25) is 0 Å². The van der Waals surface area contributed by atoms with Crippen molar-refractivity contribution in [2.75, 3.05) is 13.2 Å². The summed E-state index contributed by atoms with van der Waals surface area (Å²) >= 11 is 0. The number of benzene rings is 1. The maximum atomic E-state index is 11.7. The van der Waals surface area contributed by atoms with Gasteiger partial charge in [0, 0.05) is 25.0 Å². The second-order valence-corrected chi connectivity index (χ2v) is 3.99. The summed E-state index contributed by atoms with van der Waals surface area (Å²) in [6.45, 7) is 1.65. The Morgan fingerprint density at radius 2 is 1.25 bits per heavy atom. The molecule has 0 aromatic heterocycles. The molecule has 0 aliphatic rings. The van der Waals surface area contributed by atoms with Gasteiger partial charge in [0.15, 0.2) is 24.8 Å². The van der Waals surface area contributed by atoms with Gasteiger partial charge < -0.3 is 9.47 Å². The summed E-state index contributed by atoms with van der Waals surface area (Å²) in [6, 6.07) is 5.92. The molecule has 0 amide bonds. The van der Waals surface area contributed by atoms with Gasteiger partial charge in [-0.15, -0.1) is 0 Å². The maximum Gasteiger partial charge on any atom is 0.303 e. The molecule has 1 rings (SSSR count). The topological polar surface area (TPSA) is 86.7 Å². The zero-order chi connectivity index (χ0) is 15.1. The van der Waals surface area contributed by atoms with Crippen molar-refractivity contribution in [3.8, 4) is 0 Å². The Hall–Kier alpha value is -2.50. The van der Waals surface area contributed by atoms with Crippen LogP contribution in [0, 0.1) is 0 Å². The summed E-state index contributed by atoms with van der Waals surface area (Å²) < 4.78 is 9.19. The smallest absolute Gasteiger partial charge is 0.303 e. The molecule has 0 aliphatic carbocycles. The van der Waals surface area contributed by atoms with Crippen molar-refractivity contribution < 1.29 is 28.7 Å². The molecule has 1 aromatic rings. The molecule has 0 saturated carbocycles. The second kappa shape index (κ2) is 7.18. The molecule has 0 unspecified atom stereocenters. The number of carbonyl (C=O) groups excluding carboxylic acids is 4. The van der Waals surface area contributed by atoms with Crippen LogP contribution in [-0.2, 0) is 19.1 Å². The van der Waals surface area contributed by atoms with Gasteiger partial charge in [-0.25, -0.2) is 0 Å². The largest absolute Gasteiger partial charge is 0.457 e. The van der Waals surface area contributed by atoms with Crippen LogP contribution in [0.15, 0.2) is 24.3 Å². The van der Waals surface area contributed by atoms with Gasteiger partial charge in [0.25, 0.3) is 0 Å². The molecule has 0 atom stereocenters. The Balaban J connectivity index is 2.74. The first-order valence-corrected chi connectivity index (χ1v) is 5.83. The van der Waals surface area contributed by atoms with Crippen LogP contribution in [-0.4, -0.2) is 36.7 Å². The van der Waals surface area contributed by atoms with Gasteiger partial charge in [0.05, 0.1) is 0 Å². The van der Waals surface area contributed by atoms with E-state index in [0.29, 0.717) is 0 Å². The van der Waals surface area contributed by atoms with Gasteiger partial charge in [-0.2, -0.15) is 0 Å². The Morgan fingerprint density at radius 3 is 1.60 bits per heavy atom. The third kappa shape index (κ3) is 5.01. The van der Waals surface area contributed by atoms with Crippen LogP contribution in [0.5, 0.6) is 0 Å². The van der Waals surface area contributed by atoms with Crippen LogP contribution in [0.25, 0.3) is 0 Å². The lowest BCUT2D eigenvalue weighted by molar-refractivity contribution is -0.140. The third-order valence-corrected chi connectivity index (χ3v) is 2.32. The van der Waals surface area contributed by atoms with E-state index in [2.05, 4.69) is 9.47 Å². The van der Waals surface area contributed by atoms with E-state index in [1.165, 1.54) is 38.1 Å². The zero-order valence-corrected chi connectivity index (χ0v) is 11.2. The molecule has 6 heteroatoms. The number of hydrogen-bond donors (Lipinski definition) is 0. The highest BCUT2D eigenvalue weighted by Gasteiger charge is 2.12. The molecule has 0 N–H and O–H groups in total. The van der Waals surface area contributed by atoms with E-state index >= 15 is 0 Å². The van der Waals surface area contributed by atoms with E-state index < -0.39 is 23.5 Å². The standard InChI is InChI=1S/C14H14O6/c1-9(15)19-7-13(17)11-4-3-5-12(6-11)14(18)8-20-10(2)16/h3-6H,7-8H2,1-2H3. The number of esters is 2. The highest BCUT2D eigenvalue weighted by Crippen LogP contribution is 2.08. The summed E-state index contributed by atoms with van der Waals surface area (Å²) in [6.07, 6.45) is 0. The summed E-state index contributed by atoms with van der Waals surface area (Å²) in [5.74, 6) is -1.94. The van der Waals surface area contributed by atoms with Crippen molar-refractivity contribution in [2.45, 2.75) is 13.8 Å². The predicted octanol–water partition coefficient (Wildman–Crippen LogP) is 1.18. The van der Waals surface area contributed by atoms with Crippen LogP contribution in [0.4, 0.5) is 0 Å². The highest BCUT2D eigenvalue weighted by molar-refractivity contribution is 6.02. The summed E-state index contributed by atoms with van der Waals surface area (Å²) in [7, 11) is 0. The van der Waals surface area contributed by atoms with E-state index in [0.717, 1.165) is 0 Å². The normalized spacial score (nSPS) is 9.70. The quantitative estimate of drug-likeness (QED) is 0.573. The molecular weight excluding hydrogens is 264 g/mol. The van der Waals surface area contributed by atoms with Crippen molar-refractivity contribution in [1.29, 1.82) is 0 Å². The maximum absolute atomic E-state index is 11.7. The lowest BCUT2D eigenvalue weighted by Crippen LogP contribution is -2.14. The Morgan fingerprint density at radius 1 is 0.850 bits per heavy atom. The highest BCUT2D eigenvalue weighted by atomic mass is 16.5. The van der Waals surface area contributed by atoms with Crippen molar-refractivity contribution >= 4 is 23.5 Å². The Labute approximate surface area is 115 Å². The molecule has 0 radical (unpaired) electrons. The summed E-state index contributed by atoms with van der Waals surface area (Å²) in [5, 5.41) is 0. The molecule has 6 nitrogen and oxygen atoms in total. The van der Waals surface area contributed by atoms with Gasteiger partial charge in [-0.1, -0.05) is 18.2 Å².